The number of nitrogens with one attached hydrogen (secondary N) is 3. The van der Waals surface area contributed by atoms with Crippen molar-refractivity contribution in [3.8, 4) is 11.1 Å². The number of nitrogens with two attached hydrogens (primary N) is 1. The Labute approximate surface area is 222 Å². The minimum Gasteiger partial charge on any atom is -0.398 e. The fourth-order valence-corrected chi connectivity index (χ4v) is 5.13. The van der Waals surface area contributed by atoms with Crippen molar-refractivity contribution in [1.29, 1.82) is 5.41 Å². The highest BCUT2D eigenvalue weighted by molar-refractivity contribution is 6.48. The lowest BCUT2D eigenvalue weighted by molar-refractivity contribution is -0.110. The van der Waals surface area contributed by atoms with Crippen LogP contribution in [-0.4, -0.2) is 51.5 Å². The first-order valence-corrected chi connectivity index (χ1v) is 13.2. The summed E-state index contributed by atoms with van der Waals surface area (Å²) < 4.78 is 0. The maximum atomic E-state index is 12.9. The summed E-state index contributed by atoms with van der Waals surface area (Å²) in [6, 6.07) is 10.8. The van der Waals surface area contributed by atoms with Crippen molar-refractivity contribution in [3.63, 3.8) is 0 Å². The standard InChI is InChI=1S/C29H33N7O2/c30-25-9-7-20(21-13-19(15-32-16-21)18-36-11-3-4-12-36)14-24(25)27(31)29(38)35-23-8-10-26(33-17-23)28(37)34-22-5-1-2-6-22/h7-10,13-17,22,31H,1-6,11-12,18,30H2,(H,34,37)(H,35,38). The lowest BCUT2D eigenvalue weighted by Crippen LogP contribution is -2.33. The predicted molar refractivity (Wildman–Crippen MR) is 148 cm³/mol. The number of amides is 2. The van der Waals surface area contributed by atoms with E-state index in [4.69, 9.17) is 11.1 Å². The van der Waals surface area contributed by atoms with Gasteiger partial charge in [-0.2, -0.15) is 0 Å². The molecule has 1 saturated heterocycles. The van der Waals surface area contributed by atoms with Gasteiger partial charge in [-0.15, -0.1) is 0 Å². The lowest BCUT2D eigenvalue weighted by atomic mass is 9.99. The topological polar surface area (TPSA) is 137 Å². The Balaban J connectivity index is 1.25. The molecule has 3 aromatic rings. The van der Waals surface area contributed by atoms with Gasteiger partial charge in [-0.25, -0.2) is 4.98 Å². The van der Waals surface area contributed by atoms with Gasteiger partial charge in [0.15, 0.2) is 0 Å². The number of benzene rings is 1. The largest absolute Gasteiger partial charge is 0.398 e. The van der Waals surface area contributed by atoms with Crippen LogP contribution in [0.2, 0.25) is 0 Å². The molecule has 196 valence electrons. The molecule has 0 radical (unpaired) electrons. The average Bonchev–Trinajstić information content (AvgIpc) is 3.64. The van der Waals surface area contributed by atoms with E-state index in [1.807, 2.05) is 12.3 Å². The molecule has 3 heterocycles. The van der Waals surface area contributed by atoms with E-state index in [0.717, 1.165) is 62.0 Å². The van der Waals surface area contributed by atoms with Crippen molar-refractivity contribution in [2.24, 2.45) is 0 Å². The Kier molecular flexibility index (Phi) is 7.74. The SMILES string of the molecule is N=C(C(=O)Nc1ccc(C(=O)NC2CCCC2)nc1)c1cc(-c2cncc(CN3CCCC3)c2)ccc1N. The third-order valence-corrected chi connectivity index (χ3v) is 7.23. The molecule has 1 saturated carbocycles. The van der Waals surface area contributed by atoms with E-state index in [1.165, 1.54) is 19.0 Å². The summed E-state index contributed by atoms with van der Waals surface area (Å²) in [4.78, 5) is 36.3. The molecule has 2 fully saturated rings. The quantitative estimate of drug-likeness (QED) is 0.266. The number of pyridine rings is 2. The number of anilines is 2. The van der Waals surface area contributed by atoms with Crippen LogP contribution in [0.15, 0.2) is 55.0 Å². The number of carbonyl (C=O) groups excluding carboxylic acids is 2. The molecular formula is C29H33N7O2. The molecule has 2 amide bonds. The number of rotatable bonds is 8. The second-order valence-electron chi connectivity index (χ2n) is 10.1. The summed E-state index contributed by atoms with van der Waals surface area (Å²) in [5, 5.41) is 14.2. The Hall–Kier alpha value is -4.11. The van der Waals surface area contributed by atoms with Crippen molar-refractivity contribution < 1.29 is 9.59 Å². The van der Waals surface area contributed by atoms with Crippen LogP contribution in [0.3, 0.4) is 0 Å². The van der Waals surface area contributed by atoms with Gasteiger partial charge in [-0.05, 0) is 80.2 Å². The first-order chi connectivity index (χ1) is 18.5. The van der Waals surface area contributed by atoms with Gasteiger partial charge in [0.1, 0.15) is 11.4 Å². The van der Waals surface area contributed by atoms with Gasteiger partial charge < -0.3 is 16.4 Å². The van der Waals surface area contributed by atoms with Crippen molar-refractivity contribution in [3.05, 3.63) is 71.8 Å². The average molecular weight is 512 g/mol. The molecule has 0 spiro atoms. The van der Waals surface area contributed by atoms with Crippen LogP contribution in [0.1, 0.15) is 60.1 Å². The van der Waals surface area contributed by atoms with E-state index in [-0.39, 0.29) is 17.7 Å². The molecule has 0 unspecified atom stereocenters. The highest BCUT2D eigenvalue weighted by Gasteiger charge is 2.20. The molecule has 2 aromatic heterocycles. The van der Waals surface area contributed by atoms with Crippen LogP contribution in [-0.2, 0) is 11.3 Å². The van der Waals surface area contributed by atoms with Gasteiger partial charge in [0.2, 0.25) is 0 Å². The van der Waals surface area contributed by atoms with Crippen LogP contribution in [0, 0.1) is 5.41 Å². The highest BCUT2D eigenvalue weighted by atomic mass is 16.2. The number of nitrogens with zero attached hydrogens (tertiary/aromatic N) is 3. The van der Waals surface area contributed by atoms with Gasteiger partial charge in [-0.1, -0.05) is 18.9 Å². The summed E-state index contributed by atoms with van der Waals surface area (Å²) in [6.45, 7) is 3.07. The fraction of sp³-hybridized carbons (Fsp3) is 0.345. The Morgan fingerprint density at radius 3 is 2.50 bits per heavy atom. The zero-order valence-corrected chi connectivity index (χ0v) is 21.4. The molecule has 2 aliphatic rings. The predicted octanol–water partition coefficient (Wildman–Crippen LogP) is 4.00. The number of hydrogen-bond donors (Lipinski definition) is 4. The number of carbonyl (C=O) groups is 2. The van der Waals surface area contributed by atoms with Gasteiger partial charge in [0.05, 0.1) is 11.9 Å². The smallest absolute Gasteiger partial charge is 0.274 e. The summed E-state index contributed by atoms with van der Waals surface area (Å²) >= 11 is 0. The van der Waals surface area contributed by atoms with Crippen LogP contribution >= 0.6 is 0 Å². The van der Waals surface area contributed by atoms with Crippen molar-refractivity contribution in [2.75, 3.05) is 24.1 Å². The van der Waals surface area contributed by atoms with E-state index in [2.05, 4.69) is 31.6 Å². The third kappa shape index (κ3) is 6.06. The Morgan fingerprint density at radius 2 is 1.76 bits per heavy atom. The summed E-state index contributed by atoms with van der Waals surface area (Å²) in [6.07, 6.45) is 11.8. The first-order valence-electron chi connectivity index (χ1n) is 13.2. The van der Waals surface area contributed by atoms with Gasteiger partial charge in [0.25, 0.3) is 11.8 Å². The number of likely N-dealkylation sites (tertiary alicyclic amines) is 1. The number of hydrogen-bond acceptors (Lipinski definition) is 7. The maximum absolute atomic E-state index is 12.9. The fourth-order valence-electron chi connectivity index (χ4n) is 5.13. The van der Waals surface area contributed by atoms with E-state index in [9.17, 15) is 9.59 Å². The zero-order valence-electron chi connectivity index (χ0n) is 21.4. The van der Waals surface area contributed by atoms with Gasteiger partial charge >= 0.3 is 0 Å². The Morgan fingerprint density at radius 1 is 0.974 bits per heavy atom. The zero-order chi connectivity index (χ0) is 26.5. The van der Waals surface area contributed by atoms with Gasteiger partial charge in [-0.3, -0.25) is 24.9 Å². The lowest BCUT2D eigenvalue weighted by Gasteiger charge is -2.15. The van der Waals surface area contributed by atoms with Crippen LogP contribution < -0.4 is 16.4 Å². The molecular weight excluding hydrogens is 478 g/mol. The normalized spacial score (nSPS) is 15.9. The maximum Gasteiger partial charge on any atom is 0.274 e. The summed E-state index contributed by atoms with van der Waals surface area (Å²) in [7, 11) is 0. The molecule has 5 N–H and O–H groups in total. The second kappa shape index (κ2) is 11.5. The van der Waals surface area contributed by atoms with E-state index >= 15 is 0 Å². The van der Waals surface area contributed by atoms with Crippen LogP contribution in [0.25, 0.3) is 11.1 Å². The second-order valence-corrected chi connectivity index (χ2v) is 10.1. The van der Waals surface area contributed by atoms with E-state index in [1.54, 1.807) is 30.5 Å². The number of aromatic nitrogens is 2. The van der Waals surface area contributed by atoms with Crippen molar-refractivity contribution >= 4 is 28.9 Å². The molecule has 1 aliphatic carbocycles. The van der Waals surface area contributed by atoms with Gasteiger partial charge in [0, 0.05) is 41.8 Å². The number of nitrogen functional groups attached to an aromatic ring is 1. The molecule has 0 bridgehead atoms. The Bertz CT molecular complexity index is 1330. The molecule has 9 nitrogen and oxygen atoms in total. The molecule has 0 atom stereocenters. The summed E-state index contributed by atoms with van der Waals surface area (Å²) in [5.74, 6) is -0.828. The van der Waals surface area contributed by atoms with Crippen molar-refractivity contribution in [2.45, 2.75) is 51.1 Å². The van der Waals surface area contributed by atoms with Crippen LogP contribution in [0.4, 0.5) is 11.4 Å². The first kappa shape index (κ1) is 25.5. The summed E-state index contributed by atoms with van der Waals surface area (Å²) in [5.41, 5.74) is 10.1. The molecule has 9 heteroatoms. The van der Waals surface area contributed by atoms with E-state index in [0.29, 0.717) is 22.6 Å². The van der Waals surface area contributed by atoms with Crippen LogP contribution in [0.5, 0.6) is 0 Å². The third-order valence-electron chi connectivity index (χ3n) is 7.23. The molecule has 5 rings (SSSR count). The molecule has 1 aliphatic heterocycles. The molecule has 1 aromatic carbocycles. The minimum atomic E-state index is -0.611. The monoisotopic (exact) mass is 511 g/mol. The minimum absolute atomic E-state index is 0.203. The van der Waals surface area contributed by atoms with E-state index < -0.39 is 5.91 Å². The highest BCUT2D eigenvalue weighted by Crippen LogP contribution is 2.26. The molecule has 38 heavy (non-hydrogen) atoms. The van der Waals surface area contributed by atoms with Crippen molar-refractivity contribution in [1.82, 2.24) is 20.2 Å².